The highest BCUT2D eigenvalue weighted by molar-refractivity contribution is 7.91. The minimum Gasteiger partial charge on any atom is -0.388 e. The van der Waals surface area contributed by atoms with Crippen LogP contribution in [0.1, 0.15) is 17.5 Å². The first-order valence-corrected chi connectivity index (χ1v) is 8.14. The maximum atomic E-state index is 11.6. The molecule has 0 amide bonds. The molecule has 98 valence electrons. The molecule has 0 bridgehead atoms. The maximum absolute atomic E-state index is 11.6. The largest absolute Gasteiger partial charge is 0.388 e. The van der Waals surface area contributed by atoms with Gasteiger partial charge in [0.25, 0.3) is 0 Å². The smallest absolute Gasteiger partial charge is 0.151 e. The Bertz CT molecular complexity index is 568. The summed E-state index contributed by atoms with van der Waals surface area (Å²) in [5.41, 5.74) is 3.81. The predicted octanol–water partition coefficient (Wildman–Crippen LogP) is 1.23. The van der Waals surface area contributed by atoms with Crippen molar-refractivity contribution in [2.24, 2.45) is 0 Å². The average molecular weight is 266 g/mol. The molecule has 1 atom stereocenters. The van der Waals surface area contributed by atoms with E-state index in [1.54, 1.807) is 0 Å². The van der Waals surface area contributed by atoms with Crippen molar-refractivity contribution in [2.45, 2.75) is 25.6 Å². The third-order valence-electron chi connectivity index (χ3n) is 4.00. The summed E-state index contributed by atoms with van der Waals surface area (Å²) in [6.45, 7) is 1.75. The van der Waals surface area contributed by atoms with E-state index < -0.39 is 9.84 Å². The molecule has 1 aromatic carbocycles. The van der Waals surface area contributed by atoms with Crippen molar-refractivity contribution in [1.29, 1.82) is 0 Å². The summed E-state index contributed by atoms with van der Waals surface area (Å²) in [5.74, 6) is 0.680. The quantitative estimate of drug-likeness (QED) is 0.875. The van der Waals surface area contributed by atoms with Crippen LogP contribution in [-0.4, -0.2) is 37.9 Å². The first-order valence-electron chi connectivity index (χ1n) is 6.32. The first-order chi connectivity index (χ1) is 8.59. The van der Waals surface area contributed by atoms with Crippen LogP contribution >= 0.6 is 0 Å². The summed E-state index contributed by atoms with van der Waals surface area (Å²) in [6.07, 6.45) is 0.783. The second kappa shape index (κ2) is 4.24. The van der Waals surface area contributed by atoms with Gasteiger partial charge in [0, 0.05) is 31.9 Å². The Labute approximate surface area is 108 Å². The molecule has 4 nitrogen and oxygen atoms in total. The van der Waals surface area contributed by atoms with Gasteiger partial charge in [-0.05, 0) is 23.6 Å². The third-order valence-corrected chi connectivity index (χ3v) is 5.75. The van der Waals surface area contributed by atoms with E-state index in [1.165, 1.54) is 11.1 Å². The minimum atomic E-state index is -2.79. The number of fused-ring (bicyclic) bond motifs is 1. The Morgan fingerprint density at radius 2 is 2.17 bits per heavy atom. The van der Waals surface area contributed by atoms with Crippen molar-refractivity contribution >= 4 is 15.5 Å². The van der Waals surface area contributed by atoms with E-state index in [0.717, 1.165) is 25.2 Å². The van der Waals surface area contributed by atoms with Gasteiger partial charge in [-0.25, -0.2) is 8.42 Å². The Hall–Kier alpha value is -1.07. The van der Waals surface area contributed by atoms with Crippen molar-refractivity contribution in [1.82, 2.24) is 4.90 Å². The number of benzene rings is 1. The lowest BCUT2D eigenvalue weighted by molar-refractivity contribution is 0.217. The van der Waals surface area contributed by atoms with Gasteiger partial charge in [-0.15, -0.1) is 0 Å². The second-order valence-corrected chi connectivity index (χ2v) is 7.38. The van der Waals surface area contributed by atoms with Crippen LogP contribution < -0.4 is 5.32 Å². The Kier molecular flexibility index (Phi) is 2.83. The van der Waals surface area contributed by atoms with Gasteiger partial charge in [-0.3, -0.25) is 4.90 Å². The summed E-state index contributed by atoms with van der Waals surface area (Å²) in [5, 5.41) is 3.21. The molecule has 1 N–H and O–H groups in total. The van der Waals surface area contributed by atoms with E-state index >= 15 is 0 Å². The van der Waals surface area contributed by atoms with E-state index in [2.05, 4.69) is 28.4 Å². The van der Waals surface area contributed by atoms with Gasteiger partial charge in [0.05, 0.1) is 11.5 Å². The fourth-order valence-corrected chi connectivity index (χ4v) is 4.76. The Balaban J connectivity index is 1.81. The van der Waals surface area contributed by atoms with Gasteiger partial charge in [-0.1, -0.05) is 12.1 Å². The minimum absolute atomic E-state index is 0.201. The number of sulfone groups is 1. The molecule has 5 heteroatoms. The third kappa shape index (κ3) is 2.01. The van der Waals surface area contributed by atoms with Crippen LogP contribution in [0, 0.1) is 0 Å². The molecule has 0 saturated carbocycles. The van der Waals surface area contributed by atoms with Gasteiger partial charge in [0.2, 0.25) is 0 Å². The van der Waals surface area contributed by atoms with Crippen LogP contribution in [0.15, 0.2) is 18.2 Å². The lowest BCUT2D eigenvalue weighted by Crippen LogP contribution is -2.31. The molecular formula is C13H18N2O2S. The molecule has 2 heterocycles. The molecule has 3 rings (SSSR count). The highest BCUT2D eigenvalue weighted by Gasteiger charge is 2.35. The van der Waals surface area contributed by atoms with Crippen LogP contribution in [0.5, 0.6) is 0 Å². The zero-order chi connectivity index (χ0) is 12.8. The average Bonchev–Trinajstić information content (AvgIpc) is 2.91. The van der Waals surface area contributed by atoms with Crippen molar-refractivity contribution in [3.05, 3.63) is 29.3 Å². The molecule has 2 aliphatic heterocycles. The van der Waals surface area contributed by atoms with Crippen LogP contribution in [0.4, 0.5) is 5.69 Å². The normalized spacial score (nSPS) is 26.2. The SMILES string of the molecule is CNc1cccc2c1CN(C1CCS(=O)(=O)C1)C2. The molecule has 2 aliphatic rings. The first kappa shape index (κ1) is 12.0. The fourth-order valence-electron chi connectivity index (χ4n) is 3.00. The zero-order valence-electron chi connectivity index (χ0n) is 10.5. The van der Waals surface area contributed by atoms with E-state index in [-0.39, 0.29) is 6.04 Å². The maximum Gasteiger partial charge on any atom is 0.151 e. The van der Waals surface area contributed by atoms with Crippen LogP contribution in [0.25, 0.3) is 0 Å². The summed E-state index contributed by atoms with van der Waals surface area (Å²) in [6, 6.07) is 6.47. The molecule has 18 heavy (non-hydrogen) atoms. The summed E-state index contributed by atoms with van der Waals surface area (Å²) in [4.78, 5) is 2.30. The lowest BCUT2D eigenvalue weighted by atomic mass is 10.1. The summed E-state index contributed by atoms with van der Waals surface area (Å²) < 4.78 is 23.1. The van der Waals surface area contributed by atoms with E-state index in [9.17, 15) is 8.42 Å². The van der Waals surface area contributed by atoms with Crippen LogP contribution in [0.2, 0.25) is 0 Å². The van der Waals surface area contributed by atoms with Crippen LogP contribution in [-0.2, 0) is 22.9 Å². The number of rotatable bonds is 2. The van der Waals surface area contributed by atoms with Crippen LogP contribution in [0.3, 0.4) is 0 Å². The van der Waals surface area contributed by atoms with Crippen molar-refractivity contribution < 1.29 is 8.42 Å². The van der Waals surface area contributed by atoms with Gasteiger partial charge in [0.1, 0.15) is 0 Å². The molecule has 1 aromatic rings. The molecule has 0 radical (unpaired) electrons. The topological polar surface area (TPSA) is 49.4 Å². The number of anilines is 1. The molecule has 1 unspecified atom stereocenters. The fraction of sp³-hybridized carbons (Fsp3) is 0.538. The number of hydrogen-bond acceptors (Lipinski definition) is 4. The standard InChI is InChI=1S/C13H18N2O2S/c1-14-13-4-2-3-10-7-15(8-12(10)13)11-5-6-18(16,17)9-11/h2-4,11,14H,5-9H2,1H3. The highest BCUT2D eigenvalue weighted by Crippen LogP contribution is 2.32. The van der Waals surface area contributed by atoms with E-state index in [0.29, 0.717) is 11.5 Å². The number of nitrogens with zero attached hydrogens (tertiary/aromatic N) is 1. The summed E-state index contributed by atoms with van der Waals surface area (Å²) >= 11 is 0. The van der Waals surface area contributed by atoms with E-state index in [1.807, 2.05) is 7.05 Å². The van der Waals surface area contributed by atoms with E-state index in [4.69, 9.17) is 0 Å². The van der Waals surface area contributed by atoms with Gasteiger partial charge >= 0.3 is 0 Å². The predicted molar refractivity (Wildman–Crippen MR) is 72.3 cm³/mol. The Morgan fingerprint density at radius 3 is 2.83 bits per heavy atom. The summed E-state index contributed by atoms with van der Waals surface area (Å²) in [7, 11) is -0.864. The zero-order valence-corrected chi connectivity index (χ0v) is 11.3. The number of nitrogens with one attached hydrogen (secondary N) is 1. The molecule has 0 spiro atoms. The Morgan fingerprint density at radius 1 is 1.33 bits per heavy atom. The second-order valence-electron chi connectivity index (χ2n) is 5.16. The molecule has 0 aromatic heterocycles. The number of hydrogen-bond donors (Lipinski definition) is 1. The van der Waals surface area contributed by atoms with Gasteiger partial charge < -0.3 is 5.32 Å². The molecular weight excluding hydrogens is 248 g/mol. The monoisotopic (exact) mass is 266 g/mol. The highest BCUT2D eigenvalue weighted by atomic mass is 32.2. The van der Waals surface area contributed by atoms with Gasteiger partial charge in [0.15, 0.2) is 9.84 Å². The molecule has 1 saturated heterocycles. The lowest BCUT2D eigenvalue weighted by Gasteiger charge is -2.21. The van der Waals surface area contributed by atoms with Gasteiger partial charge in [-0.2, -0.15) is 0 Å². The van der Waals surface area contributed by atoms with Crippen molar-refractivity contribution in [2.75, 3.05) is 23.9 Å². The molecule has 0 aliphatic carbocycles. The molecule has 1 fully saturated rings. The van der Waals surface area contributed by atoms with Crippen molar-refractivity contribution in [3.63, 3.8) is 0 Å². The van der Waals surface area contributed by atoms with Crippen molar-refractivity contribution in [3.8, 4) is 0 Å².